The Bertz CT molecular complexity index is 447. The zero-order valence-electron chi connectivity index (χ0n) is 11.7. The van der Waals surface area contributed by atoms with Gasteiger partial charge in [0.25, 0.3) is 0 Å². The van der Waals surface area contributed by atoms with Crippen molar-refractivity contribution in [2.45, 2.75) is 45.1 Å². The molecule has 102 valence electrons. The van der Waals surface area contributed by atoms with Crippen LogP contribution in [0.25, 0.3) is 0 Å². The van der Waals surface area contributed by atoms with Crippen molar-refractivity contribution in [2.24, 2.45) is 0 Å². The van der Waals surface area contributed by atoms with Gasteiger partial charge >= 0.3 is 0 Å². The average molecular weight is 257 g/mol. The third-order valence-corrected chi connectivity index (χ3v) is 3.59. The number of nitrogens with one attached hydrogen (secondary N) is 1. The average Bonchev–Trinajstić information content (AvgIpc) is 2.85. The van der Waals surface area contributed by atoms with Gasteiger partial charge in [-0.2, -0.15) is 0 Å². The first-order chi connectivity index (χ1) is 9.36. The fourth-order valence-electron chi connectivity index (χ4n) is 2.64. The summed E-state index contributed by atoms with van der Waals surface area (Å²) in [5, 5.41) is 3.61. The molecule has 1 aromatic carbocycles. The number of fused-ring (bicyclic) bond motifs is 1. The molecule has 2 rings (SSSR count). The molecule has 0 aromatic heterocycles. The maximum Gasteiger partial charge on any atom is 0.122 e. The second kappa shape index (κ2) is 7.21. The maximum atomic E-state index is 5.88. The van der Waals surface area contributed by atoms with E-state index in [0.717, 1.165) is 31.6 Å². The number of terminal acetylenes is 1. The number of rotatable bonds is 7. The topological polar surface area (TPSA) is 21.3 Å². The van der Waals surface area contributed by atoms with Gasteiger partial charge < -0.3 is 10.1 Å². The Kier molecular flexibility index (Phi) is 5.30. The van der Waals surface area contributed by atoms with Crippen LogP contribution in [0.1, 0.15) is 49.8 Å². The molecule has 1 unspecified atom stereocenters. The largest absolute Gasteiger partial charge is 0.493 e. The van der Waals surface area contributed by atoms with E-state index in [0.29, 0.717) is 12.6 Å². The molecule has 1 aliphatic carbocycles. The van der Waals surface area contributed by atoms with Gasteiger partial charge in [0.15, 0.2) is 0 Å². The first-order valence-corrected chi connectivity index (χ1v) is 7.28. The predicted octanol–water partition coefficient (Wildman–Crippen LogP) is 3.47. The molecular formula is C17H23NO. The van der Waals surface area contributed by atoms with Crippen LogP contribution in [-0.2, 0) is 6.42 Å². The standard InChI is InChI=1S/C17H23NO/c1-3-5-6-13-19-17-9-7-8-14-15(17)10-11-16(14)18-12-4-2/h1,7-9,16,18H,4-6,10-13H2,2H3. The zero-order valence-corrected chi connectivity index (χ0v) is 11.7. The van der Waals surface area contributed by atoms with Crippen molar-refractivity contribution in [3.63, 3.8) is 0 Å². The van der Waals surface area contributed by atoms with Crippen LogP contribution in [0.15, 0.2) is 18.2 Å². The second-order valence-corrected chi connectivity index (χ2v) is 5.03. The lowest BCUT2D eigenvalue weighted by molar-refractivity contribution is 0.310. The molecule has 1 atom stereocenters. The fourth-order valence-corrected chi connectivity index (χ4v) is 2.64. The summed E-state index contributed by atoms with van der Waals surface area (Å²) in [6.45, 7) is 4.00. The Balaban J connectivity index is 1.99. The maximum absolute atomic E-state index is 5.88. The summed E-state index contributed by atoms with van der Waals surface area (Å²) in [5.74, 6) is 3.70. The molecule has 0 fully saturated rings. The van der Waals surface area contributed by atoms with E-state index in [-0.39, 0.29) is 0 Å². The first kappa shape index (κ1) is 14.0. The minimum absolute atomic E-state index is 0.504. The number of hydrogen-bond acceptors (Lipinski definition) is 2. The molecule has 2 nitrogen and oxygen atoms in total. The number of hydrogen-bond donors (Lipinski definition) is 1. The van der Waals surface area contributed by atoms with Gasteiger partial charge in [-0.3, -0.25) is 0 Å². The normalized spacial score (nSPS) is 16.9. The van der Waals surface area contributed by atoms with Crippen molar-refractivity contribution >= 4 is 0 Å². The zero-order chi connectivity index (χ0) is 13.5. The van der Waals surface area contributed by atoms with Gasteiger partial charge in [0, 0.05) is 12.5 Å². The van der Waals surface area contributed by atoms with Crippen molar-refractivity contribution in [2.75, 3.05) is 13.2 Å². The van der Waals surface area contributed by atoms with Crippen LogP contribution < -0.4 is 10.1 Å². The Labute approximate surface area is 116 Å². The van der Waals surface area contributed by atoms with Crippen molar-refractivity contribution < 1.29 is 4.74 Å². The van der Waals surface area contributed by atoms with E-state index in [1.54, 1.807) is 0 Å². The van der Waals surface area contributed by atoms with Crippen molar-refractivity contribution in [3.8, 4) is 18.1 Å². The molecule has 1 N–H and O–H groups in total. The summed E-state index contributed by atoms with van der Waals surface area (Å²) in [4.78, 5) is 0. The lowest BCUT2D eigenvalue weighted by Gasteiger charge is -2.14. The third-order valence-electron chi connectivity index (χ3n) is 3.59. The van der Waals surface area contributed by atoms with E-state index in [9.17, 15) is 0 Å². The minimum Gasteiger partial charge on any atom is -0.493 e. The fraction of sp³-hybridized carbons (Fsp3) is 0.529. The highest BCUT2D eigenvalue weighted by Gasteiger charge is 2.24. The smallest absolute Gasteiger partial charge is 0.122 e. The molecular weight excluding hydrogens is 234 g/mol. The van der Waals surface area contributed by atoms with Gasteiger partial charge in [0.05, 0.1) is 6.61 Å². The molecule has 1 aromatic rings. The highest BCUT2D eigenvalue weighted by atomic mass is 16.5. The van der Waals surface area contributed by atoms with Gasteiger partial charge in [0.1, 0.15) is 5.75 Å². The van der Waals surface area contributed by atoms with Gasteiger partial charge in [-0.05, 0) is 49.4 Å². The van der Waals surface area contributed by atoms with E-state index in [4.69, 9.17) is 11.2 Å². The summed E-state index contributed by atoms with van der Waals surface area (Å²) < 4.78 is 5.88. The predicted molar refractivity (Wildman–Crippen MR) is 79.4 cm³/mol. The Morgan fingerprint density at radius 3 is 3.16 bits per heavy atom. The van der Waals surface area contributed by atoms with E-state index in [2.05, 4.69) is 36.4 Å². The summed E-state index contributed by atoms with van der Waals surface area (Å²) >= 11 is 0. The van der Waals surface area contributed by atoms with Crippen LogP contribution in [0.2, 0.25) is 0 Å². The summed E-state index contributed by atoms with van der Waals surface area (Å²) in [5.41, 5.74) is 2.81. The van der Waals surface area contributed by atoms with E-state index >= 15 is 0 Å². The van der Waals surface area contributed by atoms with Crippen LogP contribution in [0, 0.1) is 12.3 Å². The molecule has 1 aliphatic rings. The lowest BCUT2D eigenvalue weighted by atomic mass is 10.1. The van der Waals surface area contributed by atoms with Crippen LogP contribution in [0.4, 0.5) is 0 Å². The molecule has 0 saturated heterocycles. The summed E-state index contributed by atoms with van der Waals surface area (Å²) in [6.07, 6.45) is 10.4. The van der Waals surface area contributed by atoms with Crippen LogP contribution >= 0.6 is 0 Å². The van der Waals surface area contributed by atoms with Crippen LogP contribution in [-0.4, -0.2) is 13.2 Å². The van der Waals surface area contributed by atoms with Crippen molar-refractivity contribution in [1.82, 2.24) is 5.32 Å². The molecule has 2 heteroatoms. The number of ether oxygens (including phenoxy) is 1. The lowest BCUT2D eigenvalue weighted by Crippen LogP contribution is -2.19. The van der Waals surface area contributed by atoms with Crippen LogP contribution in [0.5, 0.6) is 5.75 Å². The van der Waals surface area contributed by atoms with Crippen LogP contribution in [0.3, 0.4) is 0 Å². The molecule has 19 heavy (non-hydrogen) atoms. The molecule has 0 amide bonds. The van der Waals surface area contributed by atoms with Gasteiger partial charge in [0.2, 0.25) is 0 Å². The van der Waals surface area contributed by atoms with E-state index < -0.39 is 0 Å². The number of benzene rings is 1. The highest BCUT2D eigenvalue weighted by Crippen LogP contribution is 2.36. The van der Waals surface area contributed by atoms with Gasteiger partial charge in [-0.15, -0.1) is 12.3 Å². The third kappa shape index (κ3) is 3.52. The molecule has 0 heterocycles. The van der Waals surface area contributed by atoms with Gasteiger partial charge in [-0.1, -0.05) is 19.1 Å². The molecule has 0 aliphatic heterocycles. The Morgan fingerprint density at radius 1 is 1.47 bits per heavy atom. The highest BCUT2D eigenvalue weighted by molar-refractivity contribution is 5.45. The molecule has 0 radical (unpaired) electrons. The second-order valence-electron chi connectivity index (χ2n) is 5.03. The quantitative estimate of drug-likeness (QED) is 0.596. The van der Waals surface area contributed by atoms with Crippen molar-refractivity contribution in [1.29, 1.82) is 0 Å². The van der Waals surface area contributed by atoms with E-state index in [1.807, 2.05) is 0 Å². The molecule has 0 spiro atoms. The van der Waals surface area contributed by atoms with E-state index in [1.165, 1.54) is 24.0 Å². The Hall–Kier alpha value is -1.46. The molecule has 0 bridgehead atoms. The Morgan fingerprint density at radius 2 is 2.37 bits per heavy atom. The summed E-state index contributed by atoms with van der Waals surface area (Å²) in [7, 11) is 0. The molecule has 0 saturated carbocycles. The monoisotopic (exact) mass is 257 g/mol. The first-order valence-electron chi connectivity index (χ1n) is 7.28. The SMILES string of the molecule is C#CCCCOc1cccc2c1CCC2NCCC. The minimum atomic E-state index is 0.504. The number of unbranched alkanes of at least 4 members (excludes halogenated alkanes) is 1. The van der Waals surface area contributed by atoms with Crippen molar-refractivity contribution in [3.05, 3.63) is 29.3 Å². The summed E-state index contributed by atoms with van der Waals surface area (Å²) in [6, 6.07) is 6.91. The van der Waals surface area contributed by atoms with Gasteiger partial charge in [-0.25, -0.2) is 0 Å².